The van der Waals surface area contributed by atoms with Crippen molar-refractivity contribution in [1.82, 2.24) is 5.32 Å². The molecule has 0 heterocycles. The molecule has 0 saturated carbocycles. The zero-order valence-electron chi connectivity index (χ0n) is 10.9. The van der Waals surface area contributed by atoms with Gasteiger partial charge in [0.2, 0.25) is 0 Å². The molecule has 1 aromatic rings. The van der Waals surface area contributed by atoms with E-state index in [1.165, 1.54) is 0 Å². The maximum atomic E-state index is 11.1. The Labute approximate surface area is 127 Å². The number of carboxylic acid groups (broad SMARTS) is 1. The van der Waals surface area contributed by atoms with Crippen molar-refractivity contribution in [3.8, 4) is 0 Å². The van der Waals surface area contributed by atoms with Crippen molar-refractivity contribution in [3.63, 3.8) is 0 Å². The molecule has 0 saturated heterocycles. The van der Waals surface area contributed by atoms with E-state index in [4.69, 9.17) is 28.3 Å². The Morgan fingerprint density at radius 2 is 1.95 bits per heavy atom. The maximum Gasteiger partial charge on any atom is 0.323 e. The highest BCUT2D eigenvalue weighted by molar-refractivity contribution is 7.99. The lowest BCUT2D eigenvalue weighted by Gasteiger charge is -2.23. The number of hydrogen-bond donors (Lipinski definition) is 2. The molecule has 1 rings (SSSR count). The molecule has 0 amide bonds. The average Bonchev–Trinajstić information content (AvgIpc) is 2.33. The number of halogens is 2. The van der Waals surface area contributed by atoms with Gasteiger partial charge in [-0.25, -0.2) is 0 Å². The molecular weight excluding hydrogens is 305 g/mol. The van der Waals surface area contributed by atoms with Crippen molar-refractivity contribution < 1.29 is 9.90 Å². The number of aliphatic carboxylic acids is 1. The first kappa shape index (κ1) is 16.6. The number of carbonyl (C=O) groups is 1. The van der Waals surface area contributed by atoms with E-state index in [1.807, 2.05) is 12.1 Å². The van der Waals surface area contributed by atoms with Gasteiger partial charge in [-0.1, -0.05) is 23.2 Å². The second-order valence-corrected chi connectivity index (χ2v) is 6.49. The molecule has 0 radical (unpaired) electrons. The number of hydrogen-bond acceptors (Lipinski definition) is 3. The van der Waals surface area contributed by atoms with E-state index in [-0.39, 0.29) is 0 Å². The third kappa shape index (κ3) is 5.22. The molecule has 1 atom stereocenters. The normalized spacial score (nSPS) is 14.1. The monoisotopic (exact) mass is 321 g/mol. The van der Waals surface area contributed by atoms with E-state index in [0.29, 0.717) is 16.5 Å². The molecule has 19 heavy (non-hydrogen) atoms. The van der Waals surface area contributed by atoms with E-state index in [1.54, 1.807) is 31.8 Å². The smallest absolute Gasteiger partial charge is 0.323 e. The van der Waals surface area contributed by atoms with Crippen LogP contribution in [0, 0.1) is 0 Å². The number of benzene rings is 1. The van der Waals surface area contributed by atoms with Crippen molar-refractivity contribution in [2.45, 2.75) is 30.2 Å². The summed E-state index contributed by atoms with van der Waals surface area (Å²) in [4.78, 5) is 12.1. The van der Waals surface area contributed by atoms with Crippen LogP contribution in [0.25, 0.3) is 0 Å². The standard InChI is InChI=1S/C13H17Cl2NO2S/c1-13(16-2,12(17)18)4-3-5-19-11-7-9(14)6-10(15)8-11/h6-8,16H,3-5H2,1-2H3,(H,17,18). The summed E-state index contributed by atoms with van der Waals surface area (Å²) in [6.45, 7) is 1.69. The Morgan fingerprint density at radius 3 is 2.42 bits per heavy atom. The first-order valence-corrected chi connectivity index (χ1v) is 7.63. The van der Waals surface area contributed by atoms with Crippen molar-refractivity contribution in [2.75, 3.05) is 12.8 Å². The summed E-state index contributed by atoms with van der Waals surface area (Å²) in [5, 5.41) is 13.2. The van der Waals surface area contributed by atoms with Gasteiger partial charge in [-0.15, -0.1) is 11.8 Å². The summed E-state index contributed by atoms with van der Waals surface area (Å²) < 4.78 is 0. The largest absolute Gasteiger partial charge is 0.480 e. The Morgan fingerprint density at radius 1 is 1.37 bits per heavy atom. The Kier molecular flexibility index (Phi) is 6.47. The molecule has 0 aliphatic heterocycles. The van der Waals surface area contributed by atoms with Crippen LogP contribution in [0.15, 0.2) is 23.1 Å². The minimum absolute atomic E-state index is 0.570. The number of carboxylic acids is 1. The van der Waals surface area contributed by atoms with Crippen LogP contribution in [0.4, 0.5) is 0 Å². The fourth-order valence-corrected chi connectivity index (χ4v) is 3.17. The van der Waals surface area contributed by atoms with E-state index >= 15 is 0 Å². The molecule has 1 aromatic carbocycles. The fraction of sp³-hybridized carbons (Fsp3) is 0.462. The summed E-state index contributed by atoms with van der Waals surface area (Å²) >= 11 is 13.5. The van der Waals surface area contributed by atoms with Crippen molar-refractivity contribution in [1.29, 1.82) is 0 Å². The molecule has 3 nitrogen and oxygen atoms in total. The van der Waals surface area contributed by atoms with Gasteiger partial charge < -0.3 is 10.4 Å². The summed E-state index contributed by atoms with van der Waals surface area (Å²) in [5.74, 6) is -0.00731. The molecular formula is C13H17Cl2NO2S. The molecule has 1 unspecified atom stereocenters. The van der Waals surface area contributed by atoms with Gasteiger partial charge >= 0.3 is 5.97 Å². The van der Waals surface area contributed by atoms with E-state index in [2.05, 4.69) is 5.32 Å². The van der Waals surface area contributed by atoms with Gasteiger partial charge in [-0.05, 0) is 50.8 Å². The number of rotatable bonds is 7. The predicted octanol–water partition coefficient (Wildman–Crippen LogP) is 3.93. The van der Waals surface area contributed by atoms with Crippen LogP contribution < -0.4 is 5.32 Å². The Hall–Kier alpha value is -0.420. The van der Waals surface area contributed by atoms with Gasteiger partial charge in [0, 0.05) is 14.9 Å². The first-order valence-electron chi connectivity index (χ1n) is 5.88. The summed E-state index contributed by atoms with van der Waals surface area (Å²) in [6, 6.07) is 5.40. The highest BCUT2D eigenvalue weighted by Crippen LogP contribution is 2.27. The SMILES string of the molecule is CNC(C)(CCCSc1cc(Cl)cc(Cl)c1)C(=O)O. The second-order valence-electron chi connectivity index (χ2n) is 4.44. The molecule has 0 bridgehead atoms. The van der Waals surface area contributed by atoms with Gasteiger partial charge in [0.05, 0.1) is 0 Å². The van der Waals surface area contributed by atoms with Crippen LogP contribution in [0.1, 0.15) is 19.8 Å². The Balaban J connectivity index is 2.44. The minimum atomic E-state index is -0.869. The number of nitrogens with one attached hydrogen (secondary N) is 1. The van der Waals surface area contributed by atoms with E-state index in [9.17, 15) is 4.79 Å². The summed E-state index contributed by atoms with van der Waals surface area (Å²) in [6.07, 6.45) is 1.36. The van der Waals surface area contributed by atoms with Gasteiger partial charge in [0.25, 0.3) is 0 Å². The lowest BCUT2D eigenvalue weighted by molar-refractivity contribution is -0.144. The summed E-state index contributed by atoms with van der Waals surface area (Å²) in [5.41, 5.74) is -0.869. The predicted molar refractivity (Wildman–Crippen MR) is 81.5 cm³/mol. The number of thioether (sulfide) groups is 1. The van der Waals surface area contributed by atoms with Crippen LogP contribution in [0.5, 0.6) is 0 Å². The van der Waals surface area contributed by atoms with Gasteiger partial charge in [-0.3, -0.25) is 4.79 Å². The molecule has 0 aliphatic rings. The molecule has 6 heteroatoms. The van der Waals surface area contributed by atoms with E-state index in [0.717, 1.165) is 17.1 Å². The highest BCUT2D eigenvalue weighted by atomic mass is 35.5. The molecule has 106 valence electrons. The zero-order valence-corrected chi connectivity index (χ0v) is 13.2. The van der Waals surface area contributed by atoms with Gasteiger partial charge in [0.15, 0.2) is 0 Å². The highest BCUT2D eigenvalue weighted by Gasteiger charge is 2.30. The molecule has 0 spiro atoms. The third-order valence-electron chi connectivity index (χ3n) is 2.95. The van der Waals surface area contributed by atoms with Crippen LogP contribution in [0.2, 0.25) is 10.0 Å². The van der Waals surface area contributed by atoms with Crippen molar-refractivity contribution in [3.05, 3.63) is 28.2 Å². The second kappa shape index (κ2) is 7.39. The van der Waals surface area contributed by atoms with Crippen LogP contribution in [-0.2, 0) is 4.79 Å². The summed E-state index contributed by atoms with van der Waals surface area (Å²) in [7, 11) is 1.66. The topological polar surface area (TPSA) is 49.3 Å². The van der Waals surface area contributed by atoms with Crippen molar-refractivity contribution >= 4 is 40.9 Å². The average molecular weight is 322 g/mol. The maximum absolute atomic E-state index is 11.1. The third-order valence-corrected chi connectivity index (χ3v) is 4.45. The van der Waals surface area contributed by atoms with E-state index < -0.39 is 11.5 Å². The zero-order chi connectivity index (χ0) is 14.5. The van der Waals surface area contributed by atoms with Crippen LogP contribution in [0.3, 0.4) is 0 Å². The van der Waals surface area contributed by atoms with Crippen molar-refractivity contribution in [2.24, 2.45) is 0 Å². The Bertz CT molecular complexity index is 436. The molecule has 0 fully saturated rings. The molecule has 0 aliphatic carbocycles. The van der Waals surface area contributed by atoms with Crippen LogP contribution in [-0.4, -0.2) is 29.4 Å². The van der Waals surface area contributed by atoms with Gasteiger partial charge in [0.1, 0.15) is 5.54 Å². The van der Waals surface area contributed by atoms with Crippen LogP contribution >= 0.6 is 35.0 Å². The quantitative estimate of drug-likeness (QED) is 0.590. The minimum Gasteiger partial charge on any atom is -0.480 e. The first-order chi connectivity index (χ1) is 8.87. The number of likely N-dealkylation sites (N-methyl/N-ethyl adjacent to an activating group) is 1. The lowest BCUT2D eigenvalue weighted by atomic mass is 9.97. The molecule has 2 N–H and O–H groups in total. The fourth-order valence-electron chi connectivity index (χ4n) is 1.57. The van der Waals surface area contributed by atoms with Gasteiger partial charge in [-0.2, -0.15) is 0 Å². The molecule has 0 aromatic heterocycles. The lowest BCUT2D eigenvalue weighted by Crippen LogP contribution is -2.47.